The zero-order chi connectivity index (χ0) is 14.0. The number of nitrogens with zero attached hydrogens (tertiary/aromatic N) is 1. The summed E-state index contributed by atoms with van der Waals surface area (Å²) in [6.07, 6.45) is 0. The fourth-order valence-corrected chi connectivity index (χ4v) is 1.40. The van der Waals surface area contributed by atoms with Crippen molar-refractivity contribution in [3.8, 4) is 0 Å². The van der Waals surface area contributed by atoms with Crippen molar-refractivity contribution in [3.63, 3.8) is 0 Å². The van der Waals surface area contributed by atoms with E-state index in [0.29, 0.717) is 5.56 Å². The monoisotopic (exact) mass is 264 g/mol. The Morgan fingerprint density at radius 1 is 1.37 bits per heavy atom. The SMILES string of the molecule is Cc1ccc(F)cc1NC(=O)c1cc(C(=O)O)on1. The topological polar surface area (TPSA) is 92.4 Å². The third kappa shape index (κ3) is 2.76. The van der Waals surface area contributed by atoms with Gasteiger partial charge in [0.15, 0.2) is 5.69 Å². The molecule has 0 bridgehead atoms. The van der Waals surface area contributed by atoms with Crippen LogP contribution >= 0.6 is 0 Å². The van der Waals surface area contributed by atoms with E-state index < -0.39 is 23.5 Å². The molecule has 19 heavy (non-hydrogen) atoms. The molecule has 0 saturated heterocycles. The number of carbonyl (C=O) groups is 2. The number of carbonyl (C=O) groups excluding carboxylic acids is 1. The number of hydrogen-bond acceptors (Lipinski definition) is 4. The molecule has 2 rings (SSSR count). The van der Waals surface area contributed by atoms with Crippen LogP contribution in [0.15, 0.2) is 28.8 Å². The molecule has 0 aliphatic heterocycles. The Hall–Kier alpha value is -2.70. The Kier molecular flexibility index (Phi) is 3.28. The van der Waals surface area contributed by atoms with Gasteiger partial charge in [-0.15, -0.1) is 0 Å². The lowest BCUT2D eigenvalue weighted by Crippen LogP contribution is -2.13. The van der Waals surface area contributed by atoms with E-state index in [4.69, 9.17) is 5.11 Å². The Labute approximate surface area is 106 Å². The van der Waals surface area contributed by atoms with Crippen LogP contribution in [0.3, 0.4) is 0 Å². The summed E-state index contributed by atoms with van der Waals surface area (Å²) in [5.74, 6) is -2.94. The number of anilines is 1. The molecule has 1 heterocycles. The molecule has 0 radical (unpaired) electrons. The first-order valence-corrected chi connectivity index (χ1v) is 5.25. The van der Waals surface area contributed by atoms with E-state index >= 15 is 0 Å². The summed E-state index contributed by atoms with van der Waals surface area (Å²) in [6.45, 7) is 1.69. The number of nitrogens with one attached hydrogen (secondary N) is 1. The first-order chi connectivity index (χ1) is 8.97. The van der Waals surface area contributed by atoms with Crippen LogP contribution in [0.25, 0.3) is 0 Å². The summed E-state index contributed by atoms with van der Waals surface area (Å²) >= 11 is 0. The van der Waals surface area contributed by atoms with Crippen molar-refractivity contribution in [1.82, 2.24) is 5.16 Å². The molecule has 0 saturated carbocycles. The Morgan fingerprint density at radius 2 is 2.11 bits per heavy atom. The maximum atomic E-state index is 13.0. The molecular weight excluding hydrogens is 255 g/mol. The molecule has 0 atom stereocenters. The fraction of sp³-hybridized carbons (Fsp3) is 0.0833. The van der Waals surface area contributed by atoms with Gasteiger partial charge in [0.1, 0.15) is 5.82 Å². The van der Waals surface area contributed by atoms with Crippen molar-refractivity contribution in [3.05, 3.63) is 47.1 Å². The van der Waals surface area contributed by atoms with Gasteiger partial charge in [0, 0.05) is 11.8 Å². The van der Waals surface area contributed by atoms with E-state index in [1.54, 1.807) is 6.92 Å². The van der Waals surface area contributed by atoms with Gasteiger partial charge in [-0.1, -0.05) is 11.2 Å². The number of aromatic carboxylic acids is 1. The molecule has 98 valence electrons. The largest absolute Gasteiger partial charge is 0.475 e. The zero-order valence-corrected chi connectivity index (χ0v) is 9.81. The molecule has 6 nitrogen and oxygen atoms in total. The van der Waals surface area contributed by atoms with Gasteiger partial charge in [-0.25, -0.2) is 9.18 Å². The number of hydrogen-bond donors (Lipinski definition) is 2. The van der Waals surface area contributed by atoms with Crippen LogP contribution in [0, 0.1) is 12.7 Å². The normalized spacial score (nSPS) is 10.2. The number of aromatic nitrogens is 1. The van der Waals surface area contributed by atoms with Gasteiger partial charge in [-0.05, 0) is 24.6 Å². The van der Waals surface area contributed by atoms with Crippen LogP contribution in [-0.2, 0) is 0 Å². The number of carboxylic acids is 1. The lowest BCUT2D eigenvalue weighted by Gasteiger charge is -2.06. The van der Waals surface area contributed by atoms with E-state index in [1.165, 1.54) is 12.1 Å². The molecule has 7 heteroatoms. The van der Waals surface area contributed by atoms with Crippen LogP contribution in [0.5, 0.6) is 0 Å². The summed E-state index contributed by atoms with van der Waals surface area (Å²) in [4.78, 5) is 22.3. The minimum absolute atomic E-state index is 0.193. The number of halogens is 1. The summed E-state index contributed by atoms with van der Waals surface area (Å²) in [7, 11) is 0. The Morgan fingerprint density at radius 3 is 2.74 bits per heavy atom. The molecular formula is C12H9FN2O4. The summed E-state index contributed by atoms with van der Waals surface area (Å²) < 4.78 is 17.5. The van der Waals surface area contributed by atoms with Gasteiger partial charge in [-0.2, -0.15) is 0 Å². The van der Waals surface area contributed by atoms with Crippen molar-refractivity contribution in [2.24, 2.45) is 0 Å². The van der Waals surface area contributed by atoms with E-state index in [1.807, 2.05) is 0 Å². The molecule has 2 N–H and O–H groups in total. The molecule has 0 spiro atoms. The molecule has 1 aromatic heterocycles. The fourth-order valence-electron chi connectivity index (χ4n) is 1.40. The Balaban J connectivity index is 2.20. The van der Waals surface area contributed by atoms with Crippen LogP contribution < -0.4 is 5.32 Å². The molecule has 0 aliphatic carbocycles. The van der Waals surface area contributed by atoms with Crippen molar-refractivity contribution in [2.45, 2.75) is 6.92 Å². The number of aryl methyl sites for hydroxylation is 1. The van der Waals surface area contributed by atoms with E-state index in [2.05, 4.69) is 15.0 Å². The highest BCUT2D eigenvalue weighted by Crippen LogP contribution is 2.17. The first-order valence-electron chi connectivity index (χ1n) is 5.25. The number of carboxylic acid groups (broad SMARTS) is 1. The van der Waals surface area contributed by atoms with E-state index in [0.717, 1.165) is 12.1 Å². The second-order valence-electron chi connectivity index (χ2n) is 3.79. The quantitative estimate of drug-likeness (QED) is 0.885. The molecule has 1 amide bonds. The summed E-state index contributed by atoms with van der Waals surface area (Å²) in [6, 6.07) is 4.93. The molecule has 0 unspecified atom stereocenters. The van der Waals surface area contributed by atoms with Crippen molar-refractivity contribution in [2.75, 3.05) is 5.32 Å². The van der Waals surface area contributed by atoms with Crippen LogP contribution in [-0.4, -0.2) is 22.1 Å². The lowest BCUT2D eigenvalue weighted by molar-refractivity contribution is 0.0651. The average Bonchev–Trinajstić information content (AvgIpc) is 2.83. The standard InChI is InChI=1S/C12H9FN2O4/c1-6-2-3-7(13)4-8(6)14-11(16)9-5-10(12(17)18)19-15-9/h2-5H,1H3,(H,14,16)(H,17,18). The third-order valence-electron chi connectivity index (χ3n) is 2.40. The highest BCUT2D eigenvalue weighted by atomic mass is 19.1. The van der Waals surface area contributed by atoms with Gasteiger partial charge in [0.2, 0.25) is 5.76 Å². The second-order valence-corrected chi connectivity index (χ2v) is 3.79. The maximum absolute atomic E-state index is 13.0. The van der Waals surface area contributed by atoms with Gasteiger partial charge >= 0.3 is 5.97 Å². The first kappa shape index (κ1) is 12.7. The van der Waals surface area contributed by atoms with E-state index in [9.17, 15) is 14.0 Å². The zero-order valence-electron chi connectivity index (χ0n) is 9.81. The van der Waals surface area contributed by atoms with Gasteiger partial charge in [-0.3, -0.25) is 4.79 Å². The number of amides is 1. The molecule has 2 aromatic rings. The Bertz CT molecular complexity index is 651. The predicted molar refractivity (Wildman–Crippen MR) is 62.6 cm³/mol. The van der Waals surface area contributed by atoms with Crippen molar-refractivity contribution >= 4 is 17.6 Å². The van der Waals surface area contributed by atoms with Gasteiger partial charge in [0.05, 0.1) is 0 Å². The average molecular weight is 264 g/mol. The molecule has 0 fully saturated rings. The van der Waals surface area contributed by atoms with Crippen LogP contribution in [0.4, 0.5) is 10.1 Å². The van der Waals surface area contributed by atoms with Crippen molar-refractivity contribution in [1.29, 1.82) is 0 Å². The highest BCUT2D eigenvalue weighted by molar-refractivity contribution is 6.04. The smallest absolute Gasteiger partial charge is 0.374 e. The van der Waals surface area contributed by atoms with Gasteiger partial charge in [0.25, 0.3) is 5.91 Å². The number of benzene rings is 1. The van der Waals surface area contributed by atoms with Crippen LogP contribution in [0.2, 0.25) is 0 Å². The maximum Gasteiger partial charge on any atom is 0.374 e. The minimum Gasteiger partial charge on any atom is -0.475 e. The number of rotatable bonds is 3. The summed E-state index contributed by atoms with van der Waals surface area (Å²) in [5.41, 5.74) is 0.752. The summed E-state index contributed by atoms with van der Waals surface area (Å²) in [5, 5.41) is 14.4. The minimum atomic E-state index is -1.33. The predicted octanol–water partition coefficient (Wildman–Crippen LogP) is 2.07. The van der Waals surface area contributed by atoms with Crippen LogP contribution in [0.1, 0.15) is 26.6 Å². The van der Waals surface area contributed by atoms with Crippen molar-refractivity contribution < 1.29 is 23.6 Å². The van der Waals surface area contributed by atoms with Gasteiger partial charge < -0.3 is 14.9 Å². The highest BCUT2D eigenvalue weighted by Gasteiger charge is 2.17. The second kappa shape index (κ2) is 4.89. The van der Waals surface area contributed by atoms with E-state index in [-0.39, 0.29) is 11.4 Å². The third-order valence-corrected chi connectivity index (χ3v) is 2.40. The lowest BCUT2D eigenvalue weighted by atomic mass is 10.2. The molecule has 0 aliphatic rings. The molecule has 1 aromatic carbocycles.